The summed E-state index contributed by atoms with van der Waals surface area (Å²) in [5.74, 6) is 0.555. The van der Waals surface area contributed by atoms with Crippen molar-refractivity contribution in [3.05, 3.63) is 5.69 Å². The molecule has 1 saturated heterocycles. The first kappa shape index (κ1) is 13.3. The predicted molar refractivity (Wildman–Crippen MR) is 71.3 cm³/mol. The molecule has 1 aliphatic heterocycles. The van der Waals surface area contributed by atoms with Gasteiger partial charge in [-0.1, -0.05) is 26.0 Å². The lowest BCUT2D eigenvalue weighted by Gasteiger charge is -2.20. The van der Waals surface area contributed by atoms with E-state index in [2.05, 4.69) is 31.1 Å². The summed E-state index contributed by atoms with van der Waals surface area (Å²) in [5.41, 5.74) is 6.92. The zero-order valence-electron chi connectivity index (χ0n) is 11.6. The molecule has 1 atom stereocenters. The molecule has 0 amide bonds. The number of aromatic nitrogens is 3. The zero-order chi connectivity index (χ0) is 13.2. The van der Waals surface area contributed by atoms with Crippen molar-refractivity contribution >= 4 is 5.82 Å². The first-order chi connectivity index (χ1) is 8.48. The second-order valence-corrected chi connectivity index (χ2v) is 6.07. The molecule has 5 nitrogen and oxygen atoms in total. The molecule has 1 fully saturated rings. The van der Waals surface area contributed by atoms with Crippen LogP contribution in [0.2, 0.25) is 0 Å². The second kappa shape index (κ2) is 5.26. The van der Waals surface area contributed by atoms with Crippen molar-refractivity contribution in [1.82, 2.24) is 15.0 Å². The van der Waals surface area contributed by atoms with Gasteiger partial charge in [-0.25, -0.2) is 4.68 Å². The van der Waals surface area contributed by atoms with E-state index in [1.54, 1.807) is 0 Å². The average molecular weight is 252 g/mol. The maximum absolute atomic E-state index is 5.90. The maximum atomic E-state index is 5.90. The van der Waals surface area contributed by atoms with Gasteiger partial charge in [0.2, 0.25) is 0 Å². The number of nitrogen functional groups attached to an aromatic ring is 1. The van der Waals surface area contributed by atoms with Gasteiger partial charge in [-0.2, -0.15) is 0 Å². The quantitative estimate of drug-likeness (QED) is 0.891. The number of rotatable bonds is 4. The molecule has 0 aromatic carbocycles. The molecule has 2 rings (SSSR count). The lowest BCUT2D eigenvalue weighted by Crippen LogP contribution is -2.20. The van der Waals surface area contributed by atoms with Crippen molar-refractivity contribution in [2.75, 3.05) is 12.3 Å². The van der Waals surface area contributed by atoms with Crippen molar-refractivity contribution in [3.63, 3.8) is 0 Å². The van der Waals surface area contributed by atoms with Crippen LogP contribution in [0.25, 0.3) is 0 Å². The predicted octanol–water partition coefficient (Wildman–Crippen LogP) is 2.12. The molecule has 0 saturated carbocycles. The molecule has 0 aliphatic carbocycles. The number of ether oxygens (including phenoxy) is 1. The highest BCUT2D eigenvalue weighted by atomic mass is 16.5. The van der Waals surface area contributed by atoms with Gasteiger partial charge in [0.15, 0.2) is 5.82 Å². The summed E-state index contributed by atoms with van der Waals surface area (Å²) in [5, 5.41) is 8.14. The number of nitrogens with two attached hydrogens (primary N) is 1. The Labute approximate surface area is 109 Å². The standard InChI is InChI=1S/C13H24N4O/c1-13(2,3)11-12(14)15-16-17(11)8-4-6-10-7-5-9-18-10/h10H,4-9,14H2,1-3H3. The Bertz CT molecular complexity index is 388. The minimum atomic E-state index is -0.0164. The number of hydrogen-bond acceptors (Lipinski definition) is 4. The van der Waals surface area contributed by atoms with Crippen LogP contribution in [-0.4, -0.2) is 27.7 Å². The van der Waals surface area contributed by atoms with Gasteiger partial charge in [0, 0.05) is 18.6 Å². The van der Waals surface area contributed by atoms with E-state index in [1.165, 1.54) is 12.8 Å². The topological polar surface area (TPSA) is 66.0 Å². The fourth-order valence-electron chi connectivity index (χ4n) is 2.60. The molecular weight excluding hydrogens is 228 g/mol. The van der Waals surface area contributed by atoms with Gasteiger partial charge >= 0.3 is 0 Å². The molecule has 102 valence electrons. The SMILES string of the molecule is CC(C)(C)c1c(N)nnn1CCCC1CCCO1. The molecule has 5 heteroatoms. The van der Waals surface area contributed by atoms with Gasteiger partial charge in [-0.3, -0.25) is 0 Å². The van der Waals surface area contributed by atoms with Gasteiger partial charge in [0.05, 0.1) is 11.8 Å². The zero-order valence-corrected chi connectivity index (χ0v) is 11.6. The van der Waals surface area contributed by atoms with E-state index in [9.17, 15) is 0 Å². The Morgan fingerprint density at radius 1 is 1.44 bits per heavy atom. The van der Waals surface area contributed by atoms with Gasteiger partial charge in [-0.15, -0.1) is 5.10 Å². The van der Waals surface area contributed by atoms with E-state index in [1.807, 2.05) is 4.68 Å². The van der Waals surface area contributed by atoms with Gasteiger partial charge in [0.25, 0.3) is 0 Å². The lowest BCUT2D eigenvalue weighted by atomic mass is 9.92. The smallest absolute Gasteiger partial charge is 0.169 e. The van der Waals surface area contributed by atoms with Crippen molar-refractivity contribution in [3.8, 4) is 0 Å². The summed E-state index contributed by atoms with van der Waals surface area (Å²) in [6, 6.07) is 0. The molecule has 2 heterocycles. The highest BCUT2D eigenvalue weighted by Gasteiger charge is 2.24. The first-order valence-electron chi connectivity index (χ1n) is 6.79. The Balaban J connectivity index is 1.93. The molecule has 2 N–H and O–H groups in total. The third-order valence-electron chi connectivity index (χ3n) is 3.39. The van der Waals surface area contributed by atoms with Crippen LogP contribution in [0.3, 0.4) is 0 Å². The van der Waals surface area contributed by atoms with E-state index in [0.717, 1.165) is 31.7 Å². The maximum Gasteiger partial charge on any atom is 0.169 e. The van der Waals surface area contributed by atoms with Crippen molar-refractivity contribution in [2.45, 2.75) is 64.5 Å². The summed E-state index contributed by atoms with van der Waals surface area (Å²) in [7, 11) is 0. The van der Waals surface area contributed by atoms with E-state index in [-0.39, 0.29) is 5.41 Å². The number of hydrogen-bond donors (Lipinski definition) is 1. The van der Waals surface area contributed by atoms with E-state index >= 15 is 0 Å². The summed E-state index contributed by atoms with van der Waals surface area (Å²) in [4.78, 5) is 0. The molecule has 1 unspecified atom stereocenters. The Morgan fingerprint density at radius 2 is 2.22 bits per heavy atom. The fourth-order valence-corrected chi connectivity index (χ4v) is 2.60. The van der Waals surface area contributed by atoms with Crippen LogP contribution in [0.15, 0.2) is 0 Å². The highest BCUT2D eigenvalue weighted by molar-refractivity contribution is 5.37. The third kappa shape index (κ3) is 3.02. The fraction of sp³-hybridized carbons (Fsp3) is 0.846. The molecular formula is C13H24N4O. The highest BCUT2D eigenvalue weighted by Crippen LogP contribution is 2.26. The monoisotopic (exact) mass is 252 g/mol. The third-order valence-corrected chi connectivity index (χ3v) is 3.39. The molecule has 1 aliphatic rings. The molecule has 18 heavy (non-hydrogen) atoms. The van der Waals surface area contributed by atoms with Crippen LogP contribution in [0.5, 0.6) is 0 Å². The van der Waals surface area contributed by atoms with Crippen LogP contribution in [0, 0.1) is 0 Å². The summed E-state index contributed by atoms with van der Waals surface area (Å²) >= 11 is 0. The van der Waals surface area contributed by atoms with Gasteiger partial charge in [-0.05, 0) is 25.7 Å². The van der Waals surface area contributed by atoms with Crippen LogP contribution in [-0.2, 0) is 16.7 Å². The van der Waals surface area contributed by atoms with Crippen LogP contribution in [0.1, 0.15) is 52.1 Å². The lowest BCUT2D eigenvalue weighted by molar-refractivity contribution is 0.101. The largest absolute Gasteiger partial charge is 0.381 e. The van der Waals surface area contributed by atoms with Gasteiger partial charge < -0.3 is 10.5 Å². The summed E-state index contributed by atoms with van der Waals surface area (Å²) in [6.07, 6.45) is 5.02. The molecule has 0 radical (unpaired) electrons. The normalized spacial score (nSPS) is 20.5. The second-order valence-electron chi connectivity index (χ2n) is 6.07. The van der Waals surface area contributed by atoms with Crippen LogP contribution in [0.4, 0.5) is 5.82 Å². The Kier molecular flexibility index (Phi) is 3.90. The molecule has 1 aromatic heterocycles. The van der Waals surface area contributed by atoms with E-state index in [0.29, 0.717) is 11.9 Å². The van der Waals surface area contributed by atoms with Crippen LogP contribution < -0.4 is 5.73 Å². The van der Waals surface area contributed by atoms with Crippen LogP contribution >= 0.6 is 0 Å². The average Bonchev–Trinajstić information content (AvgIpc) is 2.87. The summed E-state index contributed by atoms with van der Waals surface area (Å²) < 4.78 is 7.57. The molecule has 0 bridgehead atoms. The van der Waals surface area contributed by atoms with Crippen molar-refractivity contribution < 1.29 is 4.74 Å². The van der Waals surface area contributed by atoms with Gasteiger partial charge in [0.1, 0.15) is 0 Å². The van der Waals surface area contributed by atoms with Crippen molar-refractivity contribution in [1.29, 1.82) is 0 Å². The summed E-state index contributed by atoms with van der Waals surface area (Å²) in [6.45, 7) is 8.21. The Morgan fingerprint density at radius 3 is 2.83 bits per heavy atom. The molecule has 1 aromatic rings. The minimum absolute atomic E-state index is 0.0164. The van der Waals surface area contributed by atoms with Crippen molar-refractivity contribution in [2.24, 2.45) is 0 Å². The van der Waals surface area contributed by atoms with E-state index < -0.39 is 0 Å². The number of nitrogens with zero attached hydrogens (tertiary/aromatic N) is 3. The number of anilines is 1. The first-order valence-corrected chi connectivity index (χ1v) is 6.79. The molecule has 0 spiro atoms. The van der Waals surface area contributed by atoms with E-state index in [4.69, 9.17) is 10.5 Å². The number of aryl methyl sites for hydroxylation is 1. The minimum Gasteiger partial charge on any atom is -0.381 e. The Hall–Kier alpha value is -1.10.